The highest BCUT2D eigenvalue weighted by Gasteiger charge is 2.38. The van der Waals surface area contributed by atoms with Gasteiger partial charge in [0.2, 0.25) is 11.8 Å². The molecule has 1 aromatic heterocycles. The number of aromatic nitrogens is 2. The van der Waals surface area contributed by atoms with E-state index in [1.54, 1.807) is 31.2 Å². The van der Waals surface area contributed by atoms with Crippen LogP contribution >= 0.6 is 0 Å². The van der Waals surface area contributed by atoms with E-state index in [-0.39, 0.29) is 12.5 Å². The van der Waals surface area contributed by atoms with Crippen molar-refractivity contribution in [3.8, 4) is 5.75 Å². The lowest BCUT2D eigenvalue weighted by molar-refractivity contribution is -0.125. The maximum Gasteiger partial charge on any atom is 0.258 e. The van der Waals surface area contributed by atoms with E-state index in [1.165, 1.54) is 0 Å². The van der Waals surface area contributed by atoms with Crippen molar-refractivity contribution < 1.29 is 18.8 Å². The molecule has 0 radical (unpaired) electrons. The number of aryl methyl sites for hydroxylation is 1. The summed E-state index contributed by atoms with van der Waals surface area (Å²) in [6.07, 6.45) is 5.76. The van der Waals surface area contributed by atoms with Crippen molar-refractivity contribution in [1.29, 1.82) is 0 Å². The normalized spacial score (nSPS) is 16.3. The quantitative estimate of drug-likeness (QED) is 0.750. The van der Waals surface area contributed by atoms with Crippen molar-refractivity contribution >= 4 is 11.8 Å². The summed E-state index contributed by atoms with van der Waals surface area (Å²) in [6.45, 7) is 1.59. The van der Waals surface area contributed by atoms with E-state index in [4.69, 9.17) is 15.0 Å². The minimum atomic E-state index is -0.621. The largest absolute Gasteiger partial charge is 0.484 e. The molecule has 1 aliphatic rings. The number of amides is 2. The highest BCUT2D eigenvalue weighted by molar-refractivity contribution is 5.92. The number of nitrogens with zero attached hydrogens (tertiary/aromatic N) is 2. The lowest BCUT2D eigenvalue weighted by Gasteiger charge is -2.30. The summed E-state index contributed by atoms with van der Waals surface area (Å²) in [6, 6.07) is 6.34. The molecule has 1 heterocycles. The maximum absolute atomic E-state index is 12.6. The number of primary amides is 1. The van der Waals surface area contributed by atoms with Crippen LogP contribution in [0.1, 0.15) is 60.6 Å². The first-order chi connectivity index (χ1) is 13.0. The molecule has 3 rings (SSSR count). The lowest BCUT2D eigenvalue weighted by atomic mass is 9.89. The summed E-state index contributed by atoms with van der Waals surface area (Å²) >= 11 is 0. The molecule has 2 aromatic rings. The number of nitrogens with one attached hydrogen (secondary N) is 1. The van der Waals surface area contributed by atoms with E-state index in [2.05, 4.69) is 15.5 Å². The van der Waals surface area contributed by atoms with E-state index in [9.17, 15) is 9.59 Å². The molecule has 0 aliphatic heterocycles. The number of hydrogen-bond acceptors (Lipinski definition) is 6. The number of benzene rings is 1. The third-order valence-corrected chi connectivity index (χ3v) is 4.80. The fourth-order valence-electron chi connectivity index (χ4n) is 3.40. The number of ether oxygens (including phenoxy) is 1. The molecule has 1 aliphatic carbocycles. The zero-order chi connectivity index (χ0) is 19.3. The second kappa shape index (κ2) is 8.20. The Bertz CT molecular complexity index is 792. The molecular weight excluding hydrogens is 348 g/mol. The standard InChI is InChI=1S/C19H24N4O4/c1-13-21-18(23-27-13)19(10-4-2-3-5-11-19)22-16(24)12-26-15-8-6-14(7-9-15)17(20)25/h6-9H,2-5,10-12H2,1H3,(H2,20,25)(H,22,24). The molecule has 0 bridgehead atoms. The monoisotopic (exact) mass is 372 g/mol. The van der Waals surface area contributed by atoms with Crippen LogP contribution in [0, 0.1) is 6.92 Å². The number of hydrogen-bond donors (Lipinski definition) is 2. The maximum atomic E-state index is 12.6. The summed E-state index contributed by atoms with van der Waals surface area (Å²) < 4.78 is 10.7. The van der Waals surface area contributed by atoms with Crippen LogP contribution in [-0.4, -0.2) is 28.6 Å². The summed E-state index contributed by atoms with van der Waals surface area (Å²) in [5, 5.41) is 7.14. The fraction of sp³-hybridized carbons (Fsp3) is 0.474. The Labute approximate surface area is 157 Å². The topological polar surface area (TPSA) is 120 Å². The Morgan fingerprint density at radius 3 is 2.41 bits per heavy atom. The summed E-state index contributed by atoms with van der Waals surface area (Å²) in [4.78, 5) is 28.0. The molecule has 0 saturated heterocycles. The highest BCUT2D eigenvalue weighted by Crippen LogP contribution is 2.34. The van der Waals surface area contributed by atoms with Gasteiger partial charge in [-0.1, -0.05) is 30.8 Å². The fourth-order valence-corrected chi connectivity index (χ4v) is 3.40. The molecule has 1 fully saturated rings. The van der Waals surface area contributed by atoms with Gasteiger partial charge in [0.15, 0.2) is 12.4 Å². The molecule has 8 nitrogen and oxygen atoms in total. The second-order valence-electron chi connectivity index (χ2n) is 6.86. The van der Waals surface area contributed by atoms with Gasteiger partial charge in [-0.3, -0.25) is 9.59 Å². The van der Waals surface area contributed by atoms with Gasteiger partial charge < -0.3 is 20.3 Å². The Balaban J connectivity index is 1.66. The average Bonchev–Trinajstić information content (AvgIpc) is 2.96. The Morgan fingerprint density at radius 1 is 1.19 bits per heavy atom. The van der Waals surface area contributed by atoms with Gasteiger partial charge in [0.05, 0.1) is 0 Å². The molecule has 2 amide bonds. The van der Waals surface area contributed by atoms with Gasteiger partial charge in [0.25, 0.3) is 5.91 Å². The lowest BCUT2D eigenvalue weighted by Crippen LogP contribution is -2.48. The Hall–Kier alpha value is -2.90. The first kappa shape index (κ1) is 18.9. The second-order valence-corrected chi connectivity index (χ2v) is 6.86. The van der Waals surface area contributed by atoms with Crippen LogP contribution in [0.4, 0.5) is 0 Å². The molecule has 27 heavy (non-hydrogen) atoms. The molecule has 0 atom stereocenters. The van der Waals surface area contributed by atoms with Crippen LogP contribution < -0.4 is 15.8 Å². The zero-order valence-electron chi connectivity index (χ0n) is 15.4. The van der Waals surface area contributed by atoms with Crippen molar-refractivity contribution in [2.75, 3.05) is 6.61 Å². The van der Waals surface area contributed by atoms with E-state index in [0.717, 1.165) is 38.5 Å². The molecule has 0 unspecified atom stereocenters. The van der Waals surface area contributed by atoms with Gasteiger partial charge in [-0.2, -0.15) is 4.98 Å². The van der Waals surface area contributed by atoms with Gasteiger partial charge in [-0.05, 0) is 37.1 Å². The van der Waals surface area contributed by atoms with Crippen LogP contribution in [0.2, 0.25) is 0 Å². The Kier molecular flexibility index (Phi) is 5.73. The van der Waals surface area contributed by atoms with Gasteiger partial charge in [-0.15, -0.1) is 0 Å². The number of carbonyl (C=O) groups excluding carboxylic acids is 2. The number of carbonyl (C=O) groups is 2. The Morgan fingerprint density at radius 2 is 1.85 bits per heavy atom. The highest BCUT2D eigenvalue weighted by atomic mass is 16.5. The van der Waals surface area contributed by atoms with Gasteiger partial charge in [0, 0.05) is 12.5 Å². The molecule has 0 spiro atoms. The minimum Gasteiger partial charge on any atom is -0.484 e. The van der Waals surface area contributed by atoms with Crippen molar-refractivity contribution in [3.63, 3.8) is 0 Å². The van der Waals surface area contributed by atoms with E-state index in [0.29, 0.717) is 23.0 Å². The summed E-state index contributed by atoms with van der Waals surface area (Å²) in [7, 11) is 0. The van der Waals surface area contributed by atoms with E-state index in [1.807, 2.05) is 0 Å². The third-order valence-electron chi connectivity index (χ3n) is 4.80. The van der Waals surface area contributed by atoms with Crippen LogP contribution in [0.3, 0.4) is 0 Å². The van der Waals surface area contributed by atoms with E-state index >= 15 is 0 Å². The molecule has 144 valence electrons. The van der Waals surface area contributed by atoms with Crippen LogP contribution in [0.15, 0.2) is 28.8 Å². The average molecular weight is 372 g/mol. The number of nitrogens with two attached hydrogens (primary N) is 1. The first-order valence-corrected chi connectivity index (χ1v) is 9.13. The van der Waals surface area contributed by atoms with Crippen molar-refractivity contribution in [3.05, 3.63) is 41.5 Å². The smallest absolute Gasteiger partial charge is 0.258 e. The molecule has 3 N–H and O–H groups in total. The van der Waals surface area contributed by atoms with Gasteiger partial charge >= 0.3 is 0 Å². The van der Waals surface area contributed by atoms with Gasteiger partial charge in [-0.25, -0.2) is 0 Å². The van der Waals surface area contributed by atoms with Gasteiger partial charge in [0.1, 0.15) is 11.3 Å². The molecular formula is C19H24N4O4. The van der Waals surface area contributed by atoms with Crippen molar-refractivity contribution in [1.82, 2.24) is 15.5 Å². The predicted molar refractivity (Wildman–Crippen MR) is 97.0 cm³/mol. The summed E-state index contributed by atoms with van der Waals surface area (Å²) in [5.74, 6) is 0.735. The van der Waals surface area contributed by atoms with E-state index < -0.39 is 11.4 Å². The molecule has 8 heteroatoms. The minimum absolute atomic E-state index is 0.144. The third kappa shape index (κ3) is 4.64. The zero-order valence-corrected chi connectivity index (χ0v) is 15.4. The molecule has 1 saturated carbocycles. The van der Waals surface area contributed by atoms with Crippen LogP contribution in [0.25, 0.3) is 0 Å². The SMILES string of the molecule is Cc1nc(C2(NC(=O)COc3ccc(C(N)=O)cc3)CCCCCC2)no1. The van der Waals surface area contributed by atoms with Crippen LogP contribution in [0.5, 0.6) is 5.75 Å². The summed E-state index contributed by atoms with van der Waals surface area (Å²) in [5.41, 5.74) is 4.98. The van der Waals surface area contributed by atoms with Crippen molar-refractivity contribution in [2.45, 2.75) is 51.0 Å². The molecule has 1 aromatic carbocycles. The van der Waals surface area contributed by atoms with Crippen LogP contribution in [-0.2, 0) is 10.3 Å². The predicted octanol–water partition coefficient (Wildman–Crippen LogP) is 2.22. The first-order valence-electron chi connectivity index (χ1n) is 9.13. The van der Waals surface area contributed by atoms with Crippen molar-refractivity contribution in [2.24, 2.45) is 5.73 Å². The number of rotatable bonds is 6.